The number of hydrogen-bond donors (Lipinski definition) is 1. The molecule has 0 aliphatic carbocycles. The Kier molecular flexibility index (Phi) is 3.29. The van der Waals surface area contributed by atoms with Crippen molar-refractivity contribution in [1.29, 1.82) is 0 Å². The molecule has 1 N–H and O–H groups in total. The normalized spacial score (nSPS) is 11.3. The molecule has 90 valence electrons. The third-order valence-corrected chi connectivity index (χ3v) is 2.90. The Labute approximate surface area is 101 Å². The Balaban J connectivity index is 2.81. The lowest BCUT2D eigenvalue weighted by Crippen LogP contribution is -2.27. The van der Waals surface area contributed by atoms with Crippen LogP contribution >= 0.6 is 0 Å². The first-order valence-electron chi connectivity index (χ1n) is 5.93. The average molecular weight is 230 g/mol. The number of pyridine rings is 1. The first kappa shape index (κ1) is 11.9. The summed E-state index contributed by atoms with van der Waals surface area (Å²) in [7, 11) is 1.86. The Morgan fingerprint density at radius 2 is 2.00 bits per heavy atom. The summed E-state index contributed by atoms with van der Waals surface area (Å²) >= 11 is 0. The molecule has 1 aromatic carbocycles. The van der Waals surface area contributed by atoms with Gasteiger partial charge in [-0.15, -0.1) is 0 Å². The third kappa shape index (κ3) is 2.11. The largest absolute Gasteiger partial charge is 0.315 e. The van der Waals surface area contributed by atoms with Crippen molar-refractivity contribution in [1.82, 2.24) is 9.88 Å². The number of nitrogens with zero attached hydrogens (tertiary/aromatic N) is 1. The van der Waals surface area contributed by atoms with Gasteiger partial charge in [0, 0.05) is 18.2 Å². The van der Waals surface area contributed by atoms with E-state index < -0.39 is 0 Å². The monoisotopic (exact) mass is 230 g/mol. The van der Waals surface area contributed by atoms with Crippen LogP contribution in [-0.4, -0.2) is 11.6 Å². The number of para-hydroxylation sites is 1. The van der Waals surface area contributed by atoms with Crippen LogP contribution in [-0.2, 0) is 6.54 Å². The fourth-order valence-electron chi connectivity index (χ4n) is 2.17. The minimum absolute atomic E-state index is 0.105. The molecule has 1 aromatic heterocycles. The maximum absolute atomic E-state index is 12.3. The number of fused-ring (bicyclic) bond motifs is 1. The van der Waals surface area contributed by atoms with Crippen LogP contribution in [0.3, 0.4) is 0 Å². The zero-order chi connectivity index (χ0) is 12.4. The van der Waals surface area contributed by atoms with Gasteiger partial charge in [-0.25, -0.2) is 0 Å². The van der Waals surface area contributed by atoms with E-state index in [4.69, 9.17) is 0 Å². The van der Waals surface area contributed by atoms with Crippen LogP contribution in [0.15, 0.2) is 35.1 Å². The molecular weight excluding hydrogens is 212 g/mol. The smallest absolute Gasteiger partial charge is 0.255 e. The first-order valence-corrected chi connectivity index (χ1v) is 5.93. The summed E-state index contributed by atoms with van der Waals surface area (Å²) in [6, 6.07) is 10.2. The van der Waals surface area contributed by atoms with Crippen molar-refractivity contribution in [3.63, 3.8) is 0 Å². The number of aromatic nitrogens is 1. The molecular formula is C14H18N2O. The molecule has 0 fully saturated rings. The van der Waals surface area contributed by atoms with E-state index in [0.29, 0.717) is 6.54 Å². The molecule has 1 heterocycles. The van der Waals surface area contributed by atoms with E-state index in [1.165, 1.54) is 0 Å². The van der Waals surface area contributed by atoms with Crippen molar-refractivity contribution >= 4 is 10.9 Å². The summed E-state index contributed by atoms with van der Waals surface area (Å²) in [5, 5.41) is 4.16. The van der Waals surface area contributed by atoms with Crippen LogP contribution in [0.25, 0.3) is 10.9 Å². The zero-order valence-electron chi connectivity index (χ0n) is 10.5. The van der Waals surface area contributed by atoms with E-state index in [1.807, 2.05) is 55.8 Å². The molecule has 17 heavy (non-hydrogen) atoms. The molecule has 2 aromatic rings. The first-order chi connectivity index (χ1) is 8.15. The lowest BCUT2D eigenvalue weighted by molar-refractivity contribution is 0.592. The van der Waals surface area contributed by atoms with Gasteiger partial charge in [-0.05, 0) is 38.4 Å². The van der Waals surface area contributed by atoms with Crippen molar-refractivity contribution in [3.8, 4) is 0 Å². The highest BCUT2D eigenvalue weighted by atomic mass is 16.1. The van der Waals surface area contributed by atoms with Gasteiger partial charge in [0.05, 0.1) is 5.52 Å². The summed E-state index contributed by atoms with van der Waals surface area (Å²) < 4.78 is 1.86. The van der Waals surface area contributed by atoms with E-state index in [9.17, 15) is 4.79 Å². The Hall–Kier alpha value is -1.61. The summed E-state index contributed by atoms with van der Waals surface area (Å²) in [5.41, 5.74) is 1.93. The fourth-order valence-corrected chi connectivity index (χ4v) is 2.17. The molecule has 0 radical (unpaired) electrons. The van der Waals surface area contributed by atoms with E-state index >= 15 is 0 Å². The molecule has 3 nitrogen and oxygen atoms in total. The second kappa shape index (κ2) is 4.72. The van der Waals surface area contributed by atoms with Gasteiger partial charge in [-0.3, -0.25) is 4.79 Å². The standard InChI is InChI=1S/C14H18N2O/c1-10(2)16-13-7-5-4-6-11(13)8-12(9-15-3)14(16)17/h4-8,10,15H,9H2,1-3H3. The number of rotatable bonds is 3. The fraction of sp³-hybridized carbons (Fsp3) is 0.357. The Bertz CT molecular complexity index is 584. The van der Waals surface area contributed by atoms with Gasteiger partial charge in [0.25, 0.3) is 5.56 Å². The summed E-state index contributed by atoms with van der Waals surface area (Å²) in [6.45, 7) is 4.68. The van der Waals surface area contributed by atoms with Gasteiger partial charge in [0.2, 0.25) is 0 Å². The Morgan fingerprint density at radius 1 is 1.29 bits per heavy atom. The molecule has 0 aliphatic rings. The minimum atomic E-state index is 0.105. The molecule has 0 saturated carbocycles. The maximum Gasteiger partial charge on any atom is 0.255 e. The van der Waals surface area contributed by atoms with Crippen LogP contribution in [0.1, 0.15) is 25.5 Å². The lowest BCUT2D eigenvalue weighted by atomic mass is 10.1. The van der Waals surface area contributed by atoms with Crippen LogP contribution in [0.5, 0.6) is 0 Å². The second-order valence-electron chi connectivity index (χ2n) is 4.53. The molecule has 0 unspecified atom stereocenters. The van der Waals surface area contributed by atoms with Crippen LogP contribution in [0.4, 0.5) is 0 Å². The number of nitrogens with one attached hydrogen (secondary N) is 1. The third-order valence-electron chi connectivity index (χ3n) is 2.90. The summed E-state index contributed by atoms with van der Waals surface area (Å²) in [6.07, 6.45) is 0. The predicted octanol–water partition coefficient (Wildman–Crippen LogP) is 2.30. The molecule has 0 spiro atoms. The highest BCUT2D eigenvalue weighted by molar-refractivity contribution is 5.79. The molecule has 0 saturated heterocycles. The van der Waals surface area contributed by atoms with Gasteiger partial charge >= 0.3 is 0 Å². The zero-order valence-corrected chi connectivity index (χ0v) is 10.5. The van der Waals surface area contributed by atoms with Crippen molar-refractivity contribution in [2.24, 2.45) is 0 Å². The lowest BCUT2D eigenvalue weighted by Gasteiger charge is -2.15. The Morgan fingerprint density at radius 3 is 2.65 bits per heavy atom. The number of hydrogen-bond acceptors (Lipinski definition) is 2. The van der Waals surface area contributed by atoms with E-state index in [-0.39, 0.29) is 11.6 Å². The van der Waals surface area contributed by atoms with E-state index in [1.54, 1.807) is 0 Å². The minimum Gasteiger partial charge on any atom is -0.315 e. The van der Waals surface area contributed by atoms with Gasteiger partial charge in [0.15, 0.2) is 0 Å². The van der Waals surface area contributed by atoms with E-state index in [2.05, 4.69) is 5.32 Å². The van der Waals surface area contributed by atoms with Crippen LogP contribution in [0.2, 0.25) is 0 Å². The summed E-state index contributed by atoms with van der Waals surface area (Å²) in [4.78, 5) is 12.3. The van der Waals surface area contributed by atoms with Crippen LogP contribution < -0.4 is 10.9 Å². The highest BCUT2D eigenvalue weighted by Crippen LogP contribution is 2.16. The van der Waals surface area contributed by atoms with Crippen LogP contribution in [0, 0.1) is 0 Å². The highest BCUT2D eigenvalue weighted by Gasteiger charge is 2.10. The van der Waals surface area contributed by atoms with Crippen molar-refractivity contribution in [3.05, 3.63) is 46.2 Å². The SMILES string of the molecule is CNCc1cc2ccccc2n(C(C)C)c1=O. The van der Waals surface area contributed by atoms with Gasteiger partial charge < -0.3 is 9.88 Å². The van der Waals surface area contributed by atoms with Crippen molar-refractivity contribution < 1.29 is 0 Å². The number of benzene rings is 1. The maximum atomic E-state index is 12.3. The van der Waals surface area contributed by atoms with Gasteiger partial charge in [0.1, 0.15) is 0 Å². The van der Waals surface area contributed by atoms with Crippen molar-refractivity contribution in [2.75, 3.05) is 7.05 Å². The second-order valence-corrected chi connectivity index (χ2v) is 4.53. The molecule has 0 atom stereocenters. The summed E-state index contributed by atoms with van der Waals surface area (Å²) in [5.74, 6) is 0. The molecule has 0 aliphatic heterocycles. The molecule has 0 amide bonds. The molecule has 3 heteroatoms. The van der Waals surface area contributed by atoms with E-state index in [0.717, 1.165) is 16.5 Å². The predicted molar refractivity (Wildman–Crippen MR) is 71.4 cm³/mol. The van der Waals surface area contributed by atoms with Crippen molar-refractivity contribution in [2.45, 2.75) is 26.4 Å². The molecule has 2 rings (SSSR count). The van der Waals surface area contributed by atoms with Gasteiger partial charge in [-0.2, -0.15) is 0 Å². The quantitative estimate of drug-likeness (QED) is 0.878. The average Bonchev–Trinajstić information content (AvgIpc) is 2.30. The molecule has 0 bridgehead atoms. The van der Waals surface area contributed by atoms with Gasteiger partial charge in [-0.1, -0.05) is 18.2 Å². The topological polar surface area (TPSA) is 34.0 Å².